The number of hydrogen-bond acceptors (Lipinski definition) is 3. The highest BCUT2D eigenvalue weighted by atomic mass is 35.5. The predicted octanol–water partition coefficient (Wildman–Crippen LogP) is 4.92. The number of rotatable bonds is 6. The second kappa shape index (κ2) is 7.58. The van der Waals surface area contributed by atoms with Crippen LogP contribution in [0.5, 0.6) is 5.75 Å². The van der Waals surface area contributed by atoms with Gasteiger partial charge < -0.3 is 10.1 Å². The number of nitrogens with zero attached hydrogens (tertiary/aromatic N) is 1. The third-order valence-electron chi connectivity index (χ3n) is 2.51. The summed E-state index contributed by atoms with van der Waals surface area (Å²) >= 11 is 17.7. The summed E-state index contributed by atoms with van der Waals surface area (Å²) in [5.41, 5.74) is 0. The molecule has 0 aliphatic carbocycles. The molecule has 0 radical (unpaired) electrons. The molecule has 0 aliphatic heterocycles. The van der Waals surface area contributed by atoms with Crippen molar-refractivity contribution in [2.75, 3.05) is 18.5 Å². The lowest BCUT2D eigenvalue weighted by Crippen LogP contribution is -2.08. The van der Waals surface area contributed by atoms with Gasteiger partial charge in [-0.25, -0.2) is 4.98 Å². The van der Waals surface area contributed by atoms with Crippen molar-refractivity contribution in [3.05, 3.63) is 51.6 Å². The number of nitrogens with one attached hydrogen (secondary N) is 1. The van der Waals surface area contributed by atoms with Crippen molar-refractivity contribution in [3.63, 3.8) is 0 Å². The van der Waals surface area contributed by atoms with E-state index in [0.29, 0.717) is 29.0 Å². The Hall–Kier alpha value is -1.16. The highest BCUT2D eigenvalue weighted by Gasteiger charge is 2.06. The summed E-state index contributed by atoms with van der Waals surface area (Å²) in [6, 6.07) is 11.2. The molecule has 0 atom stereocenters. The number of hydrogen-bond donors (Lipinski definition) is 1. The van der Waals surface area contributed by atoms with Crippen LogP contribution in [0.2, 0.25) is 15.2 Å². The molecule has 0 saturated carbocycles. The van der Waals surface area contributed by atoms with E-state index in [-0.39, 0.29) is 5.15 Å². The van der Waals surface area contributed by atoms with Gasteiger partial charge in [-0.15, -0.1) is 0 Å². The fourth-order valence-electron chi connectivity index (χ4n) is 1.55. The van der Waals surface area contributed by atoms with Crippen LogP contribution in [-0.4, -0.2) is 18.1 Å². The van der Waals surface area contributed by atoms with Crippen molar-refractivity contribution in [1.29, 1.82) is 0 Å². The standard InChI is InChI=1S/C14H13Cl3N2O/c15-11-9-12(16)14(19-13(11)17)18-7-4-8-20-10-5-2-1-3-6-10/h1-3,5-6,9H,4,7-8H2,(H,18,19). The molecule has 20 heavy (non-hydrogen) atoms. The molecule has 106 valence electrons. The summed E-state index contributed by atoms with van der Waals surface area (Å²) in [6.45, 7) is 1.29. The largest absolute Gasteiger partial charge is 0.494 e. The molecular formula is C14H13Cl3N2O. The van der Waals surface area contributed by atoms with Gasteiger partial charge in [0, 0.05) is 6.54 Å². The van der Waals surface area contributed by atoms with Gasteiger partial charge in [0.1, 0.15) is 16.7 Å². The molecule has 1 aromatic heterocycles. The molecule has 1 heterocycles. The van der Waals surface area contributed by atoms with Crippen LogP contribution in [0, 0.1) is 0 Å². The van der Waals surface area contributed by atoms with Crippen molar-refractivity contribution in [3.8, 4) is 5.75 Å². The average molecular weight is 332 g/mol. The maximum Gasteiger partial charge on any atom is 0.150 e. The number of halogens is 3. The number of pyridine rings is 1. The van der Waals surface area contributed by atoms with E-state index in [0.717, 1.165) is 12.2 Å². The molecule has 1 N–H and O–H groups in total. The van der Waals surface area contributed by atoms with E-state index in [2.05, 4.69) is 10.3 Å². The number of aromatic nitrogens is 1. The van der Waals surface area contributed by atoms with Crippen molar-refractivity contribution in [2.45, 2.75) is 6.42 Å². The van der Waals surface area contributed by atoms with E-state index in [1.165, 1.54) is 0 Å². The quantitative estimate of drug-likeness (QED) is 0.602. The van der Waals surface area contributed by atoms with Crippen LogP contribution < -0.4 is 10.1 Å². The Labute approximate surface area is 132 Å². The molecule has 0 aliphatic rings. The van der Waals surface area contributed by atoms with Crippen LogP contribution in [0.25, 0.3) is 0 Å². The zero-order chi connectivity index (χ0) is 14.4. The Morgan fingerprint density at radius 3 is 2.55 bits per heavy atom. The Morgan fingerprint density at radius 1 is 1.05 bits per heavy atom. The summed E-state index contributed by atoms with van der Waals surface area (Å²) in [4.78, 5) is 4.08. The van der Waals surface area contributed by atoms with Gasteiger partial charge in [-0.1, -0.05) is 53.0 Å². The van der Waals surface area contributed by atoms with Crippen LogP contribution in [0.15, 0.2) is 36.4 Å². The molecule has 0 saturated heterocycles. The first-order valence-electron chi connectivity index (χ1n) is 6.10. The predicted molar refractivity (Wildman–Crippen MR) is 84.3 cm³/mol. The van der Waals surface area contributed by atoms with Gasteiger partial charge in [0.25, 0.3) is 0 Å². The van der Waals surface area contributed by atoms with Gasteiger partial charge in [0.15, 0.2) is 0 Å². The lowest BCUT2D eigenvalue weighted by molar-refractivity contribution is 0.315. The van der Waals surface area contributed by atoms with E-state index in [9.17, 15) is 0 Å². The van der Waals surface area contributed by atoms with E-state index in [1.54, 1.807) is 6.07 Å². The highest BCUT2D eigenvalue weighted by Crippen LogP contribution is 2.28. The summed E-state index contributed by atoms with van der Waals surface area (Å²) < 4.78 is 5.58. The Morgan fingerprint density at radius 2 is 1.80 bits per heavy atom. The van der Waals surface area contributed by atoms with Gasteiger partial charge in [0.2, 0.25) is 0 Å². The molecule has 0 unspecified atom stereocenters. The van der Waals surface area contributed by atoms with Gasteiger partial charge in [0.05, 0.1) is 16.7 Å². The van der Waals surface area contributed by atoms with E-state index in [1.807, 2.05) is 30.3 Å². The molecule has 0 bridgehead atoms. The summed E-state index contributed by atoms with van der Waals surface area (Å²) in [5.74, 6) is 1.39. The molecule has 0 spiro atoms. The zero-order valence-electron chi connectivity index (χ0n) is 10.6. The van der Waals surface area contributed by atoms with E-state index < -0.39 is 0 Å². The first-order chi connectivity index (χ1) is 9.66. The van der Waals surface area contributed by atoms with Gasteiger partial charge in [-0.3, -0.25) is 0 Å². The first kappa shape index (κ1) is 15.2. The number of para-hydroxylation sites is 1. The minimum Gasteiger partial charge on any atom is -0.494 e. The second-order valence-corrected chi connectivity index (χ2v) is 5.21. The molecule has 3 nitrogen and oxygen atoms in total. The minimum atomic E-state index is 0.235. The average Bonchev–Trinajstić information content (AvgIpc) is 2.45. The number of benzene rings is 1. The number of anilines is 1. The molecule has 6 heteroatoms. The molecular weight excluding hydrogens is 319 g/mol. The summed E-state index contributed by atoms with van der Waals surface area (Å²) in [7, 11) is 0. The Kier molecular flexibility index (Phi) is 5.77. The molecule has 1 aromatic carbocycles. The fraction of sp³-hybridized carbons (Fsp3) is 0.214. The van der Waals surface area contributed by atoms with Crippen molar-refractivity contribution >= 4 is 40.6 Å². The lowest BCUT2D eigenvalue weighted by atomic mass is 10.3. The van der Waals surface area contributed by atoms with Gasteiger partial charge >= 0.3 is 0 Å². The molecule has 0 amide bonds. The van der Waals surface area contributed by atoms with Crippen LogP contribution in [-0.2, 0) is 0 Å². The van der Waals surface area contributed by atoms with Crippen molar-refractivity contribution < 1.29 is 4.74 Å². The van der Waals surface area contributed by atoms with Crippen molar-refractivity contribution in [1.82, 2.24) is 4.98 Å². The third-order valence-corrected chi connectivity index (χ3v) is 3.47. The normalized spacial score (nSPS) is 10.3. The SMILES string of the molecule is Clc1cc(Cl)c(NCCCOc2ccccc2)nc1Cl. The van der Waals surface area contributed by atoms with Crippen LogP contribution in [0.1, 0.15) is 6.42 Å². The molecule has 0 fully saturated rings. The van der Waals surface area contributed by atoms with Crippen LogP contribution in [0.4, 0.5) is 5.82 Å². The molecule has 2 aromatic rings. The number of ether oxygens (including phenoxy) is 1. The highest BCUT2D eigenvalue weighted by molar-refractivity contribution is 6.42. The monoisotopic (exact) mass is 330 g/mol. The maximum absolute atomic E-state index is 6.01. The van der Waals surface area contributed by atoms with Gasteiger partial charge in [-0.05, 0) is 24.6 Å². The van der Waals surface area contributed by atoms with E-state index in [4.69, 9.17) is 39.5 Å². The minimum absolute atomic E-state index is 0.235. The van der Waals surface area contributed by atoms with E-state index >= 15 is 0 Å². The Bertz CT molecular complexity index is 564. The second-order valence-electron chi connectivity index (χ2n) is 4.03. The fourth-order valence-corrected chi connectivity index (χ4v) is 2.12. The smallest absolute Gasteiger partial charge is 0.150 e. The maximum atomic E-state index is 6.01. The molecule has 2 rings (SSSR count). The Balaban J connectivity index is 1.75. The lowest BCUT2D eigenvalue weighted by Gasteiger charge is -2.09. The van der Waals surface area contributed by atoms with Gasteiger partial charge in [-0.2, -0.15) is 0 Å². The topological polar surface area (TPSA) is 34.1 Å². The summed E-state index contributed by atoms with van der Waals surface area (Å²) in [6.07, 6.45) is 0.813. The van der Waals surface area contributed by atoms with Crippen LogP contribution in [0.3, 0.4) is 0 Å². The third kappa shape index (κ3) is 4.44. The zero-order valence-corrected chi connectivity index (χ0v) is 12.8. The summed E-state index contributed by atoms with van der Waals surface area (Å²) in [5, 5.41) is 4.13. The van der Waals surface area contributed by atoms with Crippen LogP contribution >= 0.6 is 34.8 Å². The van der Waals surface area contributed by atoms with Crippen molar-refractivity contribution in [2.24, 2.45) is 0 Å². The first-order valence-corrected chi connectivity index (χ1v) is 7.23.